The predicted octanol–water partition coefficient (Wildman–Crippen LogP) is 2.49. The summed E-state index contributed by atoms with van der Waals surface area (Å²) in [5.41, 5.74) is -2.67. The first kappa shape index (κ1) is 23.5. The van der Waals surface area contributed by atoms with Gasteiger partial charge in [-0.15, -0.1) is 0 Å². The number of rotatable bonds is 2. The first-order chi connectivity index (χ1) is 14.8. The van der Waals surface area contributed by atoms with E-state index in [0.717, 1.165) is 21.9 Å². The molecule has 1 N–H and O–H groups in total. The fourth-order valence-corrected chi connectivity index (χ4v) is 3.54. The normalized spacial score (nSPS) is 22.1. The Balaban J connectivity index is 1.85. The molecule has 14 heteroatoms. The second-order valence-electron chi connectivity index (χ2n) is 7.11. The van der Waals surface area contributed by atoms with E-state index in [2.05, 4.69) is 0 Å². The molecule has 2 heterocycles. The molecule has 0 aliphatic carbocycles. The molecule has 32 heavy (non-hydrogen) atoms. The van der Waals surface area contributed by atoms with Gasteiger partial charge in [-0.05, 0) is 18.2 Å². The minimum atomic E-state index is -5.02. The molecule has 0 spiro atoms. The van der Waals surface area contributed by atoms with Crippen molar-refractivity contribution < 1.29 is 45.8 Å². The van der Waals surface area contributed by atoms with E-state index in [1.54, 1.807) is 0 Å². The first-order valence-corrected chi connectivity index (χ1v) is 9.19. The Morgan fingerprint density at radius 3 is 2.16 bits per heavy atom. The molecule has 0 saturated carbocycles. The highest BCUT2D eigenvalue weighted by Crippen LogP contribution is 2.39. The summed E-state index contributed by atoms with van der Waals surface area (Å²) in [5.74, 6) is -0.823. The Labute approximate surface area is 177 Å². The number of benzene rings is 1. The standard InChI is InChI=1S/C18H16F6N4O4/c19-17(20,21)12-7-11(2-1-10(12)8-25)28-9-13(32-15(28)18(22,23)24)14(29)26-3-5-27(6-4-26)16(30)31/h1-2,7,13,15H,3-6,9H2,(H,30,31)/t13-,15+/m0/s1. The third-order valence-corrected chi connectivity index (χ3v) is 5.12. The fraction of sp³-hybridized carbons (Fsp3) is 0.500. The molecule has 2 aliphatic rings. The number of anilines is 1. The van der Waals surface area contributed by atoms with Gasteiger partial charge in [0.2, 0.25) is 6.23 Å². The molecular formula is C18H16F6N4O4. The lowest BCUT2D eigenvalue weighted by Gasteiger charge is -2.34. The number of ether oxygens (including phenoxy) is 1. The van der Waals surface area contributed by atoms with Gasteiger partial charge in [0, 0.05) is 31.9 Å². The lowest BCUT2D eigenvalue weighted by molar-refractivity contribution is -0.215. The van der Waals surface area contributed by atoms with Crippen molar-refractivity contribution in [1.82, 2.24) is 9.80 Å². The maximum atomic E-state index is 13.6. The van der Waals surface area contributed by atoms with E-state index in [1.807, 2.05) is 0 Å². The SMILES string of the molecule is N#Cc1ccc(N2C[C@@H](C(=O)N3CCN(C(=O)O)CC3)O[C@@H]2C(F)(F)F)cc1C(F)(F)F. The highest BCUT2D eigenvalue weighted by molar-refractivity contribution is 5.83. The zero-order valence-corrected chi connectivity index (χ0v) is 16.2. The van der Waals surface area contributed by atoms with E-state index in [-0.39, 0.29) is 26.2 Å². The number of amides is 2. The quantitative estimate of drug-likeness (QED) is 0.673. The maximum Gasteiger partial charge on any atom is 0.433 e. The minimum absolute atomic E-state index is 0.0369. The van der Waals surface area contributed by atoms with Crippen LogP contribution in [0.15, 0.2) is 18.2 Å². The van der Waals surface area contributed by atoms with Gasteiger partial charge in [0.1, 0.15) is 0 Å². The molecule has 8 nitrogen and oxygen atoms in total. The zero-order valence-electron chi connectivity index (χ0n) is 16.2. The van der Waals surface area contributed by atoms with Gasteiger partial charge < -0.3 is 24.5 Å². The van der Waals surface area contributed by atoms with Crippen molar-refractivity contribution in [2.45, 2.75) is 24.7 Å². The molecule has 1 aromatic rings. The molecule has 2 aliphatic heterocycles. The molecular weight excluding hydrogens is 450 g/mol. The van der Waals surface area contributed by atoms with Crippen molar-refractivity contribution in [2.24, 2.45) is 0 Å². The summed E-state index contributed by atoms with van der Waals surface area (Å²) in [7, 11) is 0. The third kappa shape index (κ3) is 4.67. The Bertz CT molecular complexity index is 937. The van der Waals surface area contributed by atoms with E-state index in [9.17, 15) is 35.9 Å². The summed E-state index contributed by atoms with van der Waals surface area (Å²) in [4.78, 5) is 26.3. The summed E-state index contributed by atoms with van der Waals surface area (Å²) < 4.78 is 85.3. The van der Waals surface area contributed by atoms with Crippen molar-refractivity contribution in [2.75, 3.05) is 37.6 Å². The van der Waals surface area contributed by atoms with Gasteiger partial charge in [0.05, 0.1) is 23.7 Å². The van der Waals surface area contributed by atoms with Crippen LogP contribution in [0, 0.1) is 11.3 Å². The molecule has 0 aromatic heterocycles. The molecule has 2 fully saturated rings. The zero-order chi connectivity index (χ0) is 23.8. The van der Waals surface area contributed by atoms with Gasteiger partial charge in [-0.1, -0.05) is 0 Å². The van der Waals surface area contributed by atoms with Gasteiger partial charge in [-0.25, -0.2) is 4.79 Å². The van der Waals surface area contributed by atoms with Crippen molar-refractivity contribution in [3.05, 3.63) is 29.3 Å². The lowest BCUT2D eigenvalue weighted by atomic mass is 10.1. The van der Waals surface area contributed by atoms with Crippen molar-refractivity contribution in [1.29, 1.82) is 5.26 Å². The molecule has 2 amide bonds. The van der Waals surface area contributed by atoms with Crippen LogP contribution >= 0.6 is 0 Å². The van der Waals surface area contributed by atoms with Crippen molar-refractivity contribution >= 4 is 17.7 Å². The Hall–Kier alpha value is -3.21. The van der Waals surface area contributed by atoms with E-state index in [4.69, 9.17) is 15.1 Å². The lowest BCUT2D eigenvalue weighted by Crippen LogP contribution is -2.53. The Kier molecular flexibility index (Phi) is 6.14. The van der Waals surface area contributed by atoms with Gasteiger partial charge in [-0.3, -0.25) is 4.79 Å². The largest absolute Gasteiger partial charge is 0.465 e. The van der Waals surface area contributed by atoms with Gasteiger partial charge in [-0.2, -0.15) is 31.6 Å². The monoisotopic (exact) mass is 466 g/mol. The van der Waals surface area contributed by atoms with Crippen LogP contribution in [0.4, 0.5) is 36.8 Å². The van der Waals surface area contributed by atoms with E-state index in [0.29, 0.717) is 11.0 Å². The number of hydrogen-bond donors (Lipinski definition) is 1. The van der Waals surface area contributed by atoms with Gasteiger partial charge >= 0.3 is 18.4 Å². The summed E-state index contributed by atoms with van der Waals surface area (Å²) in [6.07, 6.45) is -15.5. The number of piperazine rings is 1. The highest BCUT2D eigenvalue weighted by atomic mass is 19.4. The molecule has 2 saturated heterocycles. The Morgan fingerprint density at radius 2 is 1.66 bits per heavy atom. The van der Waals surface area contributed by atoms with Crippen LogP contribution in [0.5, 0.6) is 0 Å². The fourth-order valence-electron chi connectivity index (χ4n) is 3.54. The van der Waals surface area contributed by atoms with Crippen LogP contribution in [0.2, 0.25) is 0 Å². The van der Waals surface area contributed by atoms with Crippen LogP contribution in [-0.4, -0.2) is 78.1 Å². The minimum Gasteiger partial charge on any atom is -0.465 e. The topological polar surface area (TPSA) is 97.1 Å². The smallest absolute Gasteiger partial charge is 0.433 e. The summed E-state index contributed by atoms with van der Waals surface area (Å²) in [5, 5.41) is 17.8. The van der Waals surface area contributed by atoms with Crippen LogP contribution in [0.25, 0.3) is 0 Å². The second-order valence-corrected chi connectivity index (χ2v) is 7.11. The first-order valence-electron chi connectivity index (χ1n) is 9.19. The number of hydrogen-bond acceptors (Lipinski definition) is 5. The van der Waals surface area contributed by atoms with Crippen LogP contribution < -0.4 is 4.90 Å². The molecule has 0 radical (unpaired) electrons. The molecule has 2 atom stereocenters. The summed E-state index contributed by atoms with van der Waals surface area (Å²) >= 11 is 0. The van der Waals surface area contributed by atoms with Crippen LogP contribution in [0.1, 0.15) is 11.1 Å². The number of nitriles is 1. The molecule has 1 aromatic carbocycles. The van der Waals surface area contributed by atoms with E-state index in [1.165, 1.54) is 6.07 Å². The Morgan fingerprint density at radius 1 is 1.06 bits per heavy atom. The van der Waals surface area contributed by atoms with Gasteiger partial charge in [0.25, 0.3) is 5.91 Å². The van der Waals surface area contributed by atoms with Crippen LogP contribution in [-0.2, 0) is 15.7 Å². The number of alkyl halides is 6. The summed E-state index contributed by atoms with van der Waals surface area (Å²) in [6, 6.07) is 3.44. The predicted molar refractivity (Wildman–Crippen MR) is 94.4 cm³/mol. The number of carbonyl (C=O) groups is 2. The number of carbonyl (C=O) groups excluding carboxylic acids is 1. The highest BCUT2D eigenvalue weighted by Gasteiger charge is 2.53. The molecule has 0 unspecified atom stereocenters. The molecule has 0 bridgehead atoms. The second kappa shape index (κ2) is 8.38. The van der Waals surface area contributed by atoms with E-state index >= 15 is 0 Å². The molecule has 3 rings (SSSR count). The van der Waals surface area contributed by atoms with Crippen molar-refractivity contribution in [3.63, 3.8) is 0 Å². The van der Waals surface area contributed by atoms with E-state index < -0.39 is 60.0 Å². The number of carboxylic acid groups (broad SMARTS) is 1. The van der Waals surface area contributed by atoms with Gasteiger partial charge in [0.15, 0.2) is 6.10 Å². The number of nitrogens with zero attached hydrogens (tertiary/aromatic N) is 4. The average molecular weight is 466 g/mol. The maximum absolute atomic E-state index is 13.6. The van der Waals surface area contributed by atoms with Crippen molar-refractivity contribution in [3.8, 4) is 6.07 Å². The average Bonchev–Trinajstić information content (AvgIpc) is 3.18. The summed E-state index contributed by atoms with van der Waals surface area (Å²) in [6.45, 7) is -0.867. The van der Waals surface area contributed by atoms with Crippen LogP contribution in [0.3, 0.4) is 0 Å². The number of halogens is 6. The third-order valence-electron chi connectivity index (χ3n) is 5.12. The molecule has 174 valence electrons.